The van der Waals surface area contributed by atoms with Crippen LogP contribution in [0.1, 0.15) is 149 Å². The standard InChI is InChI=1S/C26H40NO3.3C4H9.Sn/c1-2-3-4-5-6-7-8-9-10-11-12-13-17-20-25(28)24-22-30-26(29)27(24)21-23-18-15-14-16-19-23;3*1-3-4-2;/h14-16,18-20,24-25,28H,2-13,21-22H2,1H3;3*1,3-4H2,2H3;/t24-,25-;;;;/m0..../s1. The molecule has 0 aromatic heterocycles. The maximum atomic E-state index is 12.8. The van der Waals surface area contributed by atoms with Gasteiger partial charge in [0.05, 0.1) is 0 Å². The Kier molecular flexibility index (Phi) is 20.7. The molecule has 1 aromatic carbocycles. The second kappa shape index (κ2) is 23.3. The zero-order valence-corrected chi connectivity index (χ0v) is 31.4. The summed E-state index contributed by atoms with van der Waals surface area (Å²) in [4.78, 5) is 14.5. The maximum absolute atomic E-state index is 12.8. The van der Waals surface area contributed by atoms with Gasteiger partial charge in [-0.1, -0.05) is 13.3 Å². The Labute approximate surface area is 270 Å². The van der Waals surface area contributed by atoms with E-state index >= 15 is 0 Å². The number of unbranched alkanes of at least 4 members (excludes halogenated alkanes) is 13. The third kappa shape index (κ3) is 14.3. The molecule has 0 saturated carbocycles. The Morgan fingerprint density at radius 2 is 1.28 bits per heavy atom. The van der Waals surface area contributed by atoms with Gasteiger partial charge in [-0.05, 0) is 0 Å². The van der Waals surface area contributed by atoms with Crippen LogP contribution in [0.15, 0.2) is 40.0 Å². The molecule has 0 bridgehead atoms. The second-order valence-electron chi connectivity index (χ2n) is 13.3. The van der Waals surface area contributed by atoms with Gasteiger partial charge in [0.25, 0.3) is 0 Å². The molecule has 2 rings (SSSR count). The molecular weight excluding hydrogens is 637 g/mol. The SMILES string of the molecule is CCCCCCCCCCCCC/[C](=C/[C@H](O)[C@@H]1COC(=O)N1Cc1ccccc1)[Sn]([CH2]CCC)([CH2]CCC)[CH2]CCC. The molecule has 1 amide bonds. The minimum atomic E-state index is -2.73. The van der Waals surface area contributed by atoms with Crippen LogP contribution in [0.25, 0.3) is 0 Å². The van der Waals surface area contributed by atoms with Crippen LogP contribution in [0.2, 0.25) is 13.3 Å². The van der Waals surface area contributed by atoms with Gasteiger partial charge in [0, 0.05) is 0 Å². The van der Waals surface area contributed by atoms with E-state index in [2.05, 4.69) is 33.8 Å². The Morgan fingerprint density at radius 3 is 1.79 bits per heavy atom. The van der Waals surface area contributed by atoms with Crippen molar-refractivity contribution in [3.63, 3.8) is 0 Å². The number of carbonyl (C=O) groups excluding carboxylic acids is 1. The van der Waals surface area contributed by atoms with Gasteiger partial charge in [0.1, 0.15) is 0 Å². The fourth-order valence-electron chi connectivity index (χ4n) is 6.93. The predicted molar refractivity (Wildman–Crippen MR) is 187 cm³/mol. The van der Waals surface area contributed by atoms with Gasteiger partial charge in [0.15, 0.2) is 0 Å². The van der Waals surface area contributed by atoms with Crippen molar-refractivity contribution in [1.29, 1.82) is 0 Å². The first kappa shape index (κ1) is 38.2. The van der Waals surface area contributed by atoms with Crippen LogP contribution in [0.3, 0.4) is 0 Å². The molecule has 1 saturated heterocycles. The number of rotatable bonds is 26. The molecule has 43 heavy (non-hydrogen) atoms. The zero-order chi connectivity index (χ0) is 31.2. The number of hydrogen-bond donors (Lipinski definition) is 1. The van der Waals surface area contributed by atoms with E-state index in [4.69, 9.17) is 4.74 Å². The van der Waals surface area contributed by atoms with Gasteiger partial charge in [-0.2, -0.15) is 0 Å². The van der Waals surface area contributed by atoms with Crippen LogP contribution in [-0.4, -0.2) is 53.2 Å². The van der Waals surface area contributed by atoms with Crippen molar-refractivity contribution in [2.24, 2.45) is 0 Å². The Hall–Kier alpha value is -1.01. The number of aliphatic hydroxyl groups excluding tert-OH is 1. The van der Waals surface area contributed by atoms with Crippen molar-refractivity contribution >= 4 is 24.5 Å². The minimum absolute atomic E-state index is 0.274. The number of ether oxygens (including phenoxy) is 1. The first-order chi connectivity index (χ1) is 21.0. The van der Waals surface area contributed by atoms with E-state index < -0.39 is 24.5 Å². The number of cyclic esters (lactones) is 1. The third-order valence-corrected chi connectivity index (χ3v) is 26.0. The fraction of sp³-hybridized carbons (Fsp3) is 0.763. The monoisotopic (exact) mass is 705 g/mol. The van der Waals surface area contributed by atoms with Gasteiger partial charge in [-0.15, -0.1) is 0 Å². The first-order valence-electron chi connectivity index (χ1n) is 18.4. The number of hydrogen-bond acceptors (Lipinski definition) is 3. The summed E-state index contributed by atoms with van der Waals surface area (Å²) in [6.45, 7) is 10.1. The quantitative estimate of drug-likeness (QED) is 0.0772. The van der Waals surface area contributed by atoms with Crippen molar-refractivity contribution in [3.8, 4) is 0 Å². The molecule has 4 nitrogen and oxygen atoms in total. The van der Waals surface area contributed by atoms with E-state index in [0.29, 0.717) is 6.54 Å². The fourth-order valence-corrected chi connectivity index (χ4v) is 24.2. The third-order valence-electron chi connectivity index (χ3n) is 9.73. The van der Waals surface area contributed by atoms with Gasteiger partial charge in [-0.25, -0.2) is 0 Å². The molecule has 0 spiro atoms. The average Bonchev–Trinajstić information content (AvgIpc) is 3.39. The van der Waals surface area contributed by atoms with Crippen molar-refractivity contribution < 1.29 is 14.6 Å². The van der Waals surface area contributed by atoms with Crippen LogP contribution in [0, 0.1) is 0 Å². The van der Waals surface area contributed by atoms with E-state index in [1.165, 1.54) is 122 Å². The number of nitrogens with zero attached hydrogens (tertiary/aromatic N) is 1. The van der Waals surface area contributed by atoms with Crippen molar-refractivity contribution in [2.45, 2.75) is 175 Å². The summed E-state index contributed by atoms with van der Waals surface area (Å²) in [6.07, 6.45) is 25.1. The van der Waals surface area contributed by atoms with Gasteiger partial charge < -0.3 is 0 Å². The summed E-state index contributed by atoms with van der Waals surface area (Å²) in [7, 11) is 0. The summed E-state index contributed by atoms with van der Waals surface area (Å²) in [5.41, 5.74) is 1.08. The molecule has 5 heteroatoms. The van der Waals surface area contributed by atoms with E-state index in [0.717, 1.165) is 12.0 Å². The van der Waals surface area contributed by atoms with E-state index in [-0.39, 0.29) is 18.7 Å². The van der Waals surface area contributed by atoms with Gasteiger partial charge >= 0.3 is 258 Å². The van der Waals surface area contributed by atoms with E-state index in [1.807, 2.05) is 30.3 Å². The molecule has 246 valence electrons. The van der Waals surface area contributed by atoms with Crippen LogP contribution in [0.5, 0.6) is 0 Å². The van der Waals surface area contributed by atoms with Crippen LogP contribution < -0.4 is 0 Å². The predicted octanol–water partition coefficient (Wildman–Crippen LogP) is 11.4. The normalized spacial score (nSPS) is 16.6. The number of allylic oxidation sites excluding steroid dienone is 1. The Balaban J connectivity index is 2.17. The second-order valence-corrected chi connectivity index (χ2v) is 26.7. The summed E-state index contributed by atoms with van der Waals surface area (Å²) in [5, 5.41) is 11.8. The van der Waals surface area contributed by atoms with Crippen LogP contribution in [0.4, 0.5) is 4.79 Å². The van der Waals surface area contributed by atoms with Crippen LogP contribution in [-0.2, 0) is 11.3 Å². The molecule has 0 aliphatic carbocycles. The molecule has 1 fully saturated rings. The zero-order valence-electron chi connectivity index (χ0n) is 28.6. The van der Waals surface area contributed by atoms with E-state index in [9.17, 15) is 9.90 Å². The molecule has 2 atom stereocenters. The Morgan fingerprint density at radius 1 is 0.791 bits per heavy atom. The van der Waals surface area contributed by atoms with Gasteiger partial charge in [-0.3, -0.25) is 0 Å². The summed E-state index contributed by atoms with van der Waals surface area (Å²) < 4.78 is 11.4. The van der Waals surface area contributed by atoms with Gasteiger partial charge in [0.2, 0.25) is 0 Å². The number of carbonyl (C=O) groups is 1. The molecule has 1 aliphatic heterocycles. The Bertz CT molecular complexity index is 851. The topological polar surface area (TPSA) is 49.8 Å². The first-order valence-corrected chi connectivity index (χ1v) is 25.9. The summed E-state index contributed by atoms with van der Waals surface area (Å²) >= 11 is -2.73. The average molecular weight is 705 g/mol. The molecule has 1 aliphatic rings. The molecule has 1 N–H and O–H groups in total. The molecule has 0 unspecified atom stereocenters. The van der Waals surface area contributed by atoms with Crippen molar-refractivity contribution in [1.82, 2.24) is 4.90 Å². The van der Waals surface area contributed by atoms with Crippen LogP contribution >= 0.6 is 0 Å². The number of aliphatic hydroxyl groups is 1. The summed E-state index contributed by atoms with van der Waals surface area (Å²) in [5.74, 6) is 0. The van der Waals surface area contributed by atoms with Crippen molar-refractivity contribution in [2.75, 3.05) is 6.61 Å². The number of amides is 1. The number of benzene rings is 1. The molecule has 0 radical (unpaired) electrons. The molecule has 1 aromatic rings. The van der Waals surface area contributed by atoms with E-state index in [1.54, 1.807) is 8.49 Å². The molecular formula is C38H67NO3Sn. The van der Waals surface area contributed by atoms with Crippen molar-refractivity contribution in [3.05, 3.63) is 45.6 Å². The molecule has 1 heterocycles. The summed E-state index contributed by atoms with van der Waals surface area (Å²) in [6, 6.07) is 9.79.